The monoisotopic (exact) mass is 365 g/mol. The van der Waals surface area contributed by atoms with E-state index in [9.17, 15) is 18.3 Å². The second-order valence-corrected chi connectivity index (χ2v) is 6.81. The topological polar surface area (TPSA) is 102 Å². The molecule has 0 saturated heterocycles. The summed E-state index contributed by atoms with van der Waals surface area (Å²) < 4.78 is 37.9. The number of aromatic carboxylic acids is 1. The first-order chi connectivity index (χ1) is 11.8. The first kappa shape index (κ1) is 18.6. The van der Waals surface area contributed by atoms with Crippen LogP contribution in [0.15, 0.2) is 41.3 Å². The molecule has 0 heterocycles. The molecule has 0 amide bonds. The molecule has 0 bridgehead atoms. The van der Waals surface area contributed by atoms with Crippen molar-refractivity contribution in [2.75, 3.05) is 18.9 Å². The Bertz CT molecular complexity index is 892. The van der Waals surface area contributed by atoms with Gasteiger partial charge in [-0.2, -0.15) is 0 Å². The molecule has 0 aliphatic carbocycles. The largest absolute Gasteiger partial charge is 0.497 e. The van der Waals surface area contributed by atoms with Crippen molar-refractivity contribution in [1.29, 1.82) is 0 Å². The number of ether oxygens (including phenoxy) is 2. The second-order valence-electron chi connectivity index (χ2n) is 5.16. The van der Waals surface area contributed by atoms with Gasteiger partial charge >= 0.3 is 5.97 Å². The molecule has 2 aromatic rings. The predicted molar refractivity (Wildman–Crippen MR) is 93.1 cm³/mol. The Labute approximate surface area is 146 Å². The number of methoxy groups -OCH3 is 2. The number of rotatable bonds is 7. The third kappa shape index (κ3) is 4.03. The molecule has 8 heteroatoms. The molecule has 0 aliphatic rings. The van der Waals surface area contributed by atoms with Crippen molar-refractivity contribution < 1.29 is 27.8 Å². The molecular formula is C17H19NO6S. The van der Waals surface area contributed by atoms with E-state index in [2.05, 4.69) is 4.72 Å². The molecular weight excluding hydrogens is 346 g/mol. The van der Waals surface area contributed by atoms with E-state index in [1.165, 1.54) is 38.5 Å². The van der Waals surface area contributed by atoms with Gasteiger partial charge in [0.15, 0.2) is 0 Å². The maximum atomic E-state index is 12.7. The fourth-order valence-corrected chi connectivity index (χ4v) is 3.54. The van der Waals surface area contributed by atoms with Gasteiger partial charge in [-0.15, -0.1) is 0 Å². The second kappa shape index (κ2) is 7.43. The summed E-state index contributed by atoms with van der Waals surface area (Å²) in [6.07, 6.45) is 0.636. The van der Waals surface area contributed by atoms with Gasteiger partial charge in [-0.05, 0) is 36.2 Å². The molecule has 0 unspecified atom stereocenters. The zero-order valence-corrected chi connectivity index (χ0v) is 14.9. The number of carboxylic acid groups (broad SMARTS) is 1. The highest BCUT2D eigenvalue weighted by Gasteiger charge is 2.23. The van der Waals surface area contributed by atoms with Crippen molar-refractivity contribution in [3.63, 3.8) is 0 Å². The van der Waals surface area contributed by atoms with Gasteiger partial charge < -0.3 is 14.6 Å². The molecule has 0 atom stereocenters. The van der Waals surface area contributed by atoms with Crippen LogP contribution < -0.4 is 14.2 Å². The fourth-order valence-electron chi connectivity index (χ4n) is 2.27. The van der Waals surface area contributed by atoms with Crippen molar-refractivity contribution in [3.05, 3.63) is 47.5 Å². The average Bonchev–Trinajstić information content (AvgIpc) is 2.60. The molecule has 2 aromatic carbocycles. The number of anilines is 1. The van der Waals surface area contributed by atoms with Gasteiger partial charge in [-0.3, -0.25) is 4.72 Å². The highest BCUT2D eigenvalue weighted by Crippen LogP contribution is 2.30. The van der Waals surface area contributed by atoms with Crippen LogP contribution in [0.1, 0.15) is 22.8 Å². The van der Waals surface area contributed by atoms with Crippen LogP contribution in [0, 0.1) is 0 Å². The minimum atomic E-state index is -4.08. The summed E-state index contributed by atoms with van der Waals surface area (Å²) in [6.45, 7) is 1.88. The van der Waals surface area contributed by atoms with E-state index < -0.39 is 16.0 Å². The normalized spacial score (nSPS) is 11.0. The quantitative estimate of drug-likeness (QED) is 0.782. The average molecular weight is 365 g/mol. The van der Waals surface area contributed by atoms with Crippen molar-refractivity contribution in [2.45, 2.75) is 18.2 Å². The van der Waals surface area contributed by atoms with Gasteiger partial charge in [0.05, 0.1) is 25.5 Å². The molecule has 2 N–H and O–H groups in total. The molecule has 0 aromatic heterocycles. The molecule has 0 aliphatic heterocycles. The first-order valence-electron chi connectivity index (χ1n) is 7.43. The number of carboxylic acids is 1. The van der Waals surface area contributed by atoms with Crippen molar-refractivity contribution in [1.82, 2.24) is 0 Å². The number of aryl methyl sites for hydroxylation is 1. The molecule has 0 radical (unpaired) electrons. The molecule has 134 valence electrons. The van der Waals surface area contributed by atoms with E-state index in [0.29, 0.717) is 12.2 Å². The maximum Gasteiger partial charge on any atom is 0.337 e. The Balaban J connectivity index is 2.51. The number of benzene rings is 2. The Hall–Kier alpha value is -2.74. The van der Waals surface area contributed by atoms with Gasteiger partial charge in [0.1, 0.15) is 16.4 Å². The van der Waals surface area contributed by atoms with Crippen LogP contribution in [0.5, 0.6) is 11.5 Å². The smallest absolute Gasteiger partial charge is 0.337 e. The molecule has 0 spiro atoms. The van der Waals surface area contributed by atoms with Crippen LogP contribution in [0.2, 0.25) is 0 Å². The zero-order valence-electron chi connectivity index (χ0n) is 14.1. The minimum absolute atomic E-state index is 0.0189. The van der Waals surface area contributed by atoms with Gasteiger partial charge in [0, 0.05) is 6.07 Å². The maximum absolute atomic E-state index is 12.7. The van der Waals surface area contributed by atoms with Crippen LogP contribution in [0.3, 0.4) is 0 Å². The number of nitrogens with one attached hydrogen (secondary N) is 1. The minimum Gasteiger partial charge on any atom is -0.497 e. The number of hydrogen-bond acceptors (Lipinski definition) is 5. The van der Waals surface area contributed by atoms with Crippen LogP contribution in [0.4, 0.5) is 5.69 Å². The molecule has 7 nitrogen and oxygen atoms in total. The number of carbonyl (C=O) groups is 1. The van der Waals surface area contributed by atoms with Crippen molar-refractivity contribution in [2.24, 2.45) is 0 Å². The molecule has 25 heavy (non-hydrogen) atoms. The van der Waals surface area contributed by atoms with Crippen LogP contribution >= 0.6 is 0 Å². The third-order valence-electron chi connectivity index (χ3n) is 3.63. The lowest BCUT2D eigenvalue weighted by molar-refractivity contribution is 0.0698. The highest BCUT2D eigenvalue weighted by molar-refractivity contribution is 7.92. The Morgan fingerprint density at radius 1 is 1.12 bits per heavy atom. The fraction of sp³-hybridized carbons (Fsp3) is 0.235. The standard InChI is InChI=1S/C17H19NO6S/c1-4-11-5-7-14(13(9-11)17(19)20)18-25(21,22)16-10-12(23-2)6-8-15(16)24-3/h5-10,18H,4H2,1-3H3,(H,19,20). The lowest BCUT2D eigenvalue weighted by atomic mass is 10.1. The summed E-state index contributed by atoms with van der Waals surface area (Å²) in [6, 6.07) is 8.90. The Morgan fingerprint density at radius 2 is 1.84 bits per heavy atom. The third-order valence-corrected chi connectivity index (χ3v) is 5.01. The van der Waals surface area contributed by atoms with E-state index in [-0.39, 0.29) is 21.9 Å². The van der Waals surface area contributed by atoms with E-state index in [1.54, 1.807) is 12.1 Å². The summed E-state index contributed by atoms with van der Waals surface area (Å²) in [5.41, 5.74) is 0.652. The molecule has 0 saturated carbocycles. The van der Waals surface area contributed by atoms with Gasteiger partial charge in [0.2, 0.25) is 0 Å². The van der Waals surface area contributed by atoms with Gasteiger partial charge in [0.25, 0.3) is 10.0 Å². The van der Waals surface area contributed by atoms with Gasteiger partial charge in [-0.1, -0.05) is 13.0 Å². The lowest BCUT2D eigenvalue weighted by Gasteiger charge is -2.14. The van der Waals surface area contributed by atoms with E-state index in [4.69, 9.17) is 9.47 Å². The zero-order chi connectivity index (χ0) is 18.6. The Morgan fingerprint density at radius 3 is 2.40 bits per heavy atom. The molecule has 2 rings (SSSR count). The molecule has 0 fully saturated rings. The van der Waals surface area contributed by atoms with Crippen LogP contribution in [0.25, 0.3) is 0 Å². The Kier molecular flexibility index (Phi) is 5.53. The summed E-state index contributed by atoms with van der Waals surface area (Å²) in [7, 11) is -1.32. The predicted octanol–water partition coefficient (Wildman–Crippen LogP) is 2.77. The van der Waals surface area contributed by atoms with Crippen LogP contribution in [-0.2, 0) is 16.4 Å². The van der Waals surface area contributed by atoms with E-state index >= 15 is 0 Å². The van der Waals surface area contributed by atoms with E-state index in [0.717, 1.165) is 5.56 Å². The van der Waals surface area contributed by atoms with E-state index in [1.807, 2.05) is 6.92 Å². The number of hydrogen-bond donors (Lipinski definition) is 2. The van der Waals surface area contributed by atoms with Gasteiger partial charge in [-0.25, -0.2) is 13.2 Å². The van der Waals surface area contributed by atoms with Crippen LogP contribution in [-0.4, -0.2) is 33.7 Å². The number of sulfonamides is 1. The SMILES string of the molecule is CCc1ccc(NS(=O)(=O)c2cc(OC)ccc2OC)c(C(=O)O)c1. The first-order valence-corrected chi connectivity index (χ1v) is 8.91. The summed E-state index contributed by atoms with van der Waals surface area (Å²) in [5, 5.41) is 9.36. The van der Waals surface area contributed by atoms with Crippen molar-refractivity contribution in [3.8, 4) is 11.5 Å². The highest BCUT2D eigenvalue weighted by atomic mass is 32.2. The summed E-state index contributed by atoms with van der Waals surface area (Å²) in [4.78, 5) is 11.3. The lowest BCUT2D eigenvalue weighted by Crippen LogP contribution is -2.16. The summed E-state index contributed by atoms with van der Waals surface area (Å²) in [5.74, 6) is -0.762. The van der Waals surface area contributed by atoms with Crippen molar-refractivity contribution >= 4 is 21.7 Å². The summed E-state index contributed by atoms with van der Waals surface area (Å²) >= 11 is 0.